The normalized spacial score (nSPS) is 14.9. The van der Waals surface area contributed by atoms with E-state index in [1.807, 2.05) is 0 Å². The third-order valence-corrected chi connectivity index (χ3v) is 15.2. The quantitative estimate of drug-likeness (QED) is 0.161. The van der Waals surface area contributed by atoms with Crippen LogP contribution in [0.25, 0.3) is 33.4 Å². The van der Waals surface area contributed by atoms with Crippen molar-refractivity contribution in [3.63, 3.8) is 0 Å². The predicted molar refractivity (Wildman–Crippen MR) is 273 cm³/mol. The highest BCUT2D eigenvalue weighted by atomic mass is 15.1. The fourth-order valence-electron chi connectivity index (χ4n) is 12.5. The molecule has 0 unspecified atom stereocenters. The summed E-state index contributed by atoms with van der Waals surface area (Å²) in [6.07, 6.45) is 0. The molecule has 0 saturated carbocycles. The zero-order chi connectivity index (χ0) is 44.0. The first kappa shape index (κ1) is 38.5. The lowest BCUT2D eigenvalue weighted by atomic mass is 9.55. The van der Waals surface area contributed by atoms with Crippen molar-refractivity contribution in [2.75, 3.05) is 4.90 Å². The van der Waals surface area contributed by atoms with Crippen LogP contribution in [0.1, 0.15) is 69.5 Å². The molecule has 0 N–H and O–H groups in total. The van der Waals surface area contributed by atoms with E-state index in [-0.39, 0.29) is 5.41 Å². The van der Waals surface area contributed by atoms with Gasteiger partial charge < -0.3 is 4.90 Å². The molecule has 312 valence electrons. The standard InChI is InChI=1S/C65H47N/c1-63(2)58-35-18-19-36-60(58)65(56-33-16-13-29-51(56)52-30-14-17-34-57(52)65)62-43-50(38-40-59(62)63)66(48-28-20-23-45(41-48)44-21-6-3-7-22-44)49-37-39-54-53-31-12-15-32-55(53)64(61(54)42-49,46-24-8-4-9-25-46)47-26-10-5-11-27-47/h3-43H,1-2H3. The van der Waals surface area contributed by atoms with Crippen LogP contribution in [-0.4, -0.2) is 0 Å². The van der Waals surface area contributed by atoms with E-state index in [1.54, 1.807) is 0 Å². The van der Waals surface area contributed by atoms with Gasteiger partial charge in [-0.05, 0) is 125 Å². The number of hydrogen-bond acceptors (Lipinski definition) is 1. The summed E-state index contributed by atoms with van der Waals surface area (Å²) in [6, 6.07) is 93.3. The molecule has 0 aliphatic heterocycles. The van der Waals surface area contributed by atoms with Crippen molar-refractivity contribution in [2.24, 2.45) is 0 Å². The van der Waals surface area contributed by atoms with Gasteiger partial charge in [-0.3, -0.25) is 0 Å². The van der Waals surface area contributed by atoms with Gasteiger partial charge in [-0.15, -0.1) is 0 Å². The molecule has 0 amide bonds. The maximum absolute atomic E-state index is 2.55. The van der Waals surface area contributed by atoms with Crippen LogP contribution >= 0.6 is 0 Å². The third-order valence-electron chi connectivity index (χ3n) is 15.2. The van der Waals surface area contributed by atoms with Crippen molar-refractivity contribution in [1.82, 2.24) is 0 Å². The van der Waals surface area contributed by atoms with Gasteiger partial charge in [-0.25, -0.2) is 0 Å². The van der Waals surface area contributed by atoms with Crippen LogP contribution in [0.4, 0.5) is 17.1 Å². The molecule has 3 aliphatic carbocycles. The largest absolute Gasteiger partial charge is 0.310 e. The molecule has 13 rings (SSSR count). The Hall–Kier alpha value is -8.00. The molecule has 0 radical (unpaired) electrons. The molecule has 0 heterocycles. The number of hydrogen-bond donors (Lipinski definition) is 0. The van der Waals surface area contributed by atoms with Crippen LogP contribution in [0.15, 0.2) is 249 Å². The summed E-state index contributed by atoms with van der Waals surface area (Å²) in [7, 11) is 0. The van der Waals surface area contributed by atoms with E-state index in [4.69, 9.17) is 0 Å². The summed E-state index contributed by atoms with van der Waals surface area (Å²) in [5.41, 5.74) is 22.8. The van der Waals surface area contributed by atoms with E-state index >= 15 is 0 Å². The van der Waals surface area contributed by atoms with Gasteiger partial charge in [0.2, 0.25) is 0 Å². The topological polar surface area (TPSA) is 3.24 Å². The van der Waals surface area contributed by atoms with Crippen molar-refractivity contribution in [3.8, 4) is 33.4 Å². The zero-order valence-corrected chi connectivity index (χ0v) is 37.1. The Morgan fingerprint density at radius 2 is 0.667 bits per heavy atom. The van der Waals surface area contributed by atoms with E-state index < -0.39 is 10.8 Å². The predicted octanol–water partition coefficient (Wildman–Crippen LogP) is 16.2. The highest BCUT2D eigenvalue weighted by Gasteiger charge is 2.53. The fourth-order valence-corrected chi connectivity index (χ4v) is 12.5. The van der Waals surface area contributed by atoms with Gasteiger partial charge in [0.05, 0.1) is 10.8 Å². The highest BCUT2D eigenvalue weighted by molar-refractivity contribution is 5.92. The van der Waals surface area contributed by atoms with Crippen LogP contribution in [-0.2, 0) is 16.2 Å². The fraction of sp³-hybridized carbons (Fsp3) is 0.0769. The summed E-state index contributed by atoms with van der Waals surface area (Å²) in [4.78, 5) is 2.52. The summed E-state index contributed by atoms with van der Waals surface area (Å²) in [5, 5.41) is 0. The smallest absolute Gasteiger partial charge is 0.0720 e. The van der Waals surface area contributed by atoms with Gasteiger partial charge in [0, 0.05) is 22.5 Å². The maximum Gasteiger partial charge on any atom is 0.0720 e. The van der Waals surface area contributed by atoms with Gasteiger partial charge in [0.25, 0.3) is 0 Å². The first-order chi connectivity index (χ1) is 32.5. The summed E-state index contributed by atoms with van der Waals surface area (Å²) < 4.78 is 0. The van der Waals surface area contributed by atoms with Gasteiger partial charge in [-0.2, -0.15) is 0 Å². The Balaban J connectivity index is 1.11. The average Bonchev–Trinajstić information content (AvgIpc) is 3.85. The van der Waals surface area contributed by atoms with Crippen LogP contribution in [0, 0.1) is 0 Å². The Morgan fingerprint density at radius 1 is 0.258 bits per heavy atom. The van der Waals surface area contributed by atoms with E-state index in [1.165, 1.54) is 89.0 Å². The molecule has 10 aromatic carbocycles. The number of fused-ring (bicyclic) bond motifs is 12. The minimum atomic E-state index is -0.535. The van der Waals surface area contributed by atoms with E-state index in [9.17, 15) is 0 Å². The number of nitrogens with zero attached hydrogens (tertiary/aromatic N) is 1. The number of anilines is 3. The lowest BCUT2D eigenvalue weighted by molar-refractivity contribution is 0.563. The molecule has 1 spiro atoms. The molecular formula is C65H47N. The maximum atomic E-state index is 2.55. The van der Waals surface area contributed by atoms with Crippen LogP contribution in [0.5, 0.6) is 0 Å². The minimum Gasteiger partial charge on any atom is -0.310 e. The van der Waals surface area contributed by atoms with Crippen LogP contribution < -0.4 is 4.90 Å². The van der Waals surface area contributed by atoms with E-state index in [2.05, 4.69) is 267 Å². The van der Waals surface area contributed by atoms with Gasteiger partial charge in [0.1, 0.15) is 0 Å². The second kappa shape index (κ2) is 14.5. The van der Waals surface area contributed by atoms with Crippen molar-refractivity contribution >= 4 is 17.1 Å². The zero-order valence-electron chi connectivity index (χ0n) is 37.1. The van der Waals surface area contributed by atoms with Crippen molar-refractivity contribution in [1.29, 1.82) is 0 Å². The molecule has 0 bridgehead atoms. The molecule has 10 aromatic rings. The lowest BCUT2D eigenvalue weighted by Crippen LogP contribution is -2.40. The molecule has 0 saturated heterocycles. The summed E-state index contributed by atoms with van der Waals surface area (Å²) in [5.74, 6) is 0. The Labute approximate surface area is 388 Å². The Morgan fingerprint density at radius 3 is 1.26 bits per heavy atom. The van der Waals surface area contributed by atoms with E-state index in [0.29, 0.717) is 0 Å². The summed E-state index contributed by atoms with van der Waals surface area (Å²) >= 11 is 0. The van der Waals surface area contributed by atoms with Gasteiger partial charge in [-0.1, -0.05) is 226 Å². The second-order valence-corrected chi connectivity index (χ2v) is 18.8. The van der Waals surface area contributed by atoms with Gasteiger partial charge >= 0.3 is 0 Å². The van der Waals surface area contributed by atoms with Crippen molar-refractivity contribution in [3.05, 3.63) is 304 Å². The van der Waals surface area contributed by atoms with Crippen molar-refractivity contribution in [2.45, 2.75) is 30.1 Å². The number of rotatable bonds is 6. The molecular weight excluding hydrogens is 795 g/mol. The molecule has 66 heavy (non-hydrogen) atoms. The molecule has 0 atom stereocenters. The second-order valence-electron chi connectivity index (χ2n) is 18.8. The summed E-state index contributed by atoms with van der Waals surface area (Å²) in [6.45, 7) is 4.83. The highest BCUT2D eigenvalue weighted by Crippen LogP contribution is 2.63. The minimum absolute atomic E-state index is 0.245. The van der Waals surface area contributed by atoms with Crippen molar-refractivity contribution < 1.29 is 0 Å². The monoisotopic (exact) mass is 841 g/mol. The SMILES string of the molecule is CC1(C)c2ccccc2C2(c3ccccc3-c3ccccc32)c2cc(N(c3cccc(-c4ccccc4)c3)c3ccc4c(c3)C(c3ccccc3)(c3ccccc3)c3ccccc3-4)ccc21. The molecule has 0 fully saturated rings. The molecule has 1 heteroatoms. The van der Waals surface area contributed by atoms with Gasteiger partial charge in [0.15, 0.2) is 0 Å². The third kappa shape index (κ3) is 5.23. The Kier molecular flexibility index (Phi) is 8.45. The Bertz CT molecular complexity index is 3420. The molecule has 1 nitrogen and oxygen atoms in total. The average molecular weight is 842 g/mol. The van der Waals surface area contributed by atoms with Crippen LogP contribution in [0.3, 0.4) is 0 Å². The first-order valence-corrected chi connectivity index (χ1v) is 23.3. The molecule has 3 aliphatic rings. The van der Waals surface area contributed by atoms with Crippen LogP contribution in [0.2, 0.25) is 0 Å². The molecule has 0 aromatic heterocycles. The number of benzene rings is 10. The first-order valence-electron chi connectivity index (χ1n) is 23.3. The lowest BCUT2D eigenvalue weighted by Gasteiger charge is -2.47. The van der Waals surface area contributed by atoms with E-state index in [0.717, 1.165) is 17.1 Å².